The highest BCUT2D eigenvalue weighted by Gasteiger charge is 2.35. The fourth-order valence-corrected chi connectivity index (χ4v) is 3.01. The summed E-state index contributed by atoms with van der Waals surface area (Å²) in [5.41, 5.74) is 1.56. The van der Waals surface area contributed by atoms with E-state index in [4.69, 9.17) is 16.3 Å². The van der Waals surface area contributed by atoms with Crippen LogP contribution in [0.5, 0.6) is 5.75 Å². The van der Waals surface area contributed by atoms with Crippen LogP contribution >= 0.6 is 11.6 Å². The monoisotopic (exact) mass is 347 g/mol. The molecule has 1 saturated heterocycles. The van der Waals surface area contributed by atoms with Crippen LogP contribution in [-0.2, 0) is 11.4 Å². The summed E-state index contributed by atoms with van der Waals surface area (Å²) < 4.78 is 18.7. The van der Waals surface area contributed by atoms with Crippen molar-refractivity contribution in [3.8, 4) is 5.75 Å². The van der Waals surface area contributed by atoms with Gasteiger partial charge in [0.1, 0.15) is 18.2 Å². The molecule has 2 aromatic rings. The van der Waals surface area contributed by atoms with Crippen LogP contribution in [0, 0.1) is 5.82 Å². The quantitative estimate of drug-likeness (QED) is 0.607. The summed E-state index contributed by atoms with van der Waals surface area (Å²) in [6.07, 6.45) is 0.863. The van der Waals surface area contributed by atoms with E-state index in [1.807, 2.05) is 0 Å². The van der Waals surface area contributed by atoms with E-state index in [1.165, 1.54) is 12.1 Å². The maximum Gasteiger partial charge on any atom is 0.323 e. The third kappa shape index (κ3) is 3.57. The average molecular weight is 348 g/mol. The van der Waals surface area contributed by atoms with Gasteiger partial charge in [0.25, 0.3) is 0 Å². The molecule has 0 aromatic heterocycles. The molecule has 0 aliphatic carbocycles. The molecule has 124 valence electrons. The van der Waals surface area contributed by atoms with Gasteiger partial charge < -0.3 is 4.74 Å². The van der Waals surface area contributed by atoms with Crippen molar-refractivity contribution in [2.75, 3.05) is 0 Å². The minimum Gasteiger partial charge on any atom is -0.489 e. The van der Waals surface area contributed by atoms with Gasteiger partial charge in [0.15, 0.2) is 0 Å². The Balaban J connectivity index is 1.67. The van der Waals surface area contributed by atoms with Gasteiger partial charge >= 0.3 is 5.37 Å². The number of rotatable bonds is 4. The molecular weight excluding hydrogens is 333 g/mol. The summed E-state index contributed by atoms with van der Waals surface area (Å²) in [6, 6.07) is 13.0. The van der Waals surface area contributed by atoms with E-state index in [1.54, 1.807) is 36.4 Å². The fraction of sp³-hybridized carbons (Fsp3) is 0.222. The summed E-state index contributed by atoms with van der Waals surface area (Å²) >= 11 is 5.50. The number of hydrogen-bond donors (Lipinski definition) is 0. The maximum atomic E-state index is 13.1. The van der Waals surface area contributed by atoms with Crippen LogP contribution in [0.15, 0.2) is 48.5 Å². The van der Waals surface area contributed by atoms with Crippen LogP contribution in [0.3, 0.4) is 0 Å². The Kier molecular flexibility index (Phi) is 4.81. The van der Waals surface area contributed by atoms with Crippen LogP contribution in [0.1, 0.15) is 30.0 Å². The molecule has 2 amide bonds. The number of amides is 2. The molecule has 6 heteroatoms. The lowest BCUT2D eigenvalue weighted by atomic mass is 10.0. The van der Waals surface area contributed by atoms with Gasteiger partial charge in [0.2, 0.25) is 5.91 Å². The van der Waals surface area contributed by atoms with Gasteiger partial charge in [0, 0.05) is 6.42 Å². The van der Waals surface area contributed by atoms with E-state index in [2.05, 4.69) is 0 Å². The molecule has 1 aliphatic heterocycles. The first-order chi connectivity index (χ1) is 11.5. The molecule has 3 rings (SSSR count). The molecular formula is C18H15ClFNO3. The molecule has 24 heavy (non-hydrogen) atoms. The van der Waals surface area contributed by atoms with Gasteiger partial charge in [-0.3, -0.25) is 14.5 Å². The summed E-state index contributed by atoms with van der Waals surface area (Å²) in [6.45, 7) is 0.255. The van der Waals surface area contributed by atoms with Crippen LogP contribution in [0.4, 0.5) is 9.18 Å². The van der Waals surface area contributed by atoms with E-state index in [9.17, 15) is 14.0 Å². The lowest BCUT2D eigenvalue weighted by Gasteiger charge is -2.20. The van der Waals surface area contributed by atoms with E-state index in [0.29, 0.717) is 18.6 Å². The molecule has 1 atom stereocenters. The number of halogens is 2. The highest BCUT2D eigenvalue weighted by molar-refractivity contribution is 6.64. The number of imide groups is 1. The second-order valence-corrected chi connectivity index (χ2v) is 5.88. The van der Waals surface area contributed by atoms with Gasteiger partial charge in [-0.05, 0) is 53.4 Å². The topological polar surface area (TPSA) is 46.6 Å². The minimum atomic E-state index is -0.756. The van der Waals surface area contributed by atoms with Crippen molar-refractivity contribution >= 4 is 22.9 Å². The predicted octanol–water partition coefficient (Wildman–Crippen LogP) is 4.43. The van der Waals surface area contributed by atoms with Gasteiger partial charge in [-0.15, -0.1) is 0 Å². The van der Waals surface area contributed by atoms with Gasteiger partial charge in [-0.2, -0.15) is 0 Å². The molecule has 2 aromatic carbocycles. The highest BCUT2D eigenvalue weighted by atomic mass is 35.5. The van der Waals surface area contributed by atoms with Crippen molar-refractivity contribution < 1.29 is 18.7 Å². The highest BCUT2D eigenvalue weighted by Crippen LogP contribution is 2.34. The third-order valence-corrected chi connectivity index (χ3v) is 4.14. The first kappa shape index (κ1) is 16.5. The molecule has 4 nitrogen and oxygen atoms in total. The van der Waals surface area contributed by atoms with E-state index in [-0.39, 0.29) is 24.4 Å². The number of ether oxygens (including phenoxy) is 1. The Morgan fingerprint density at radius 3 is 2.67 bits per heavy atom. The first-order valence-electron chi connectivity index (χ1n) is 7.53. The second kappa shape index (κ2) is 7.01. The number of hydrogen-bond acceptors (Lipinski definition) is 3. The van der Waals surface area contributed by atoms with Crippen molar-refractivity contribution in [1.82, 2.24) is 4.90 Å². The smallest absolute Gasteiger partial charge is 0.323 e. The van der Waals surface area contributed by atoms with Crippen molar-refractivity contribution in [2.45, 2.75) is 25.5 Å². The zero-order valence-electron chi connectivity index (χ0n) is 12.7. The molecule has 0 bridgehead atoms. The Bertz CT molecular complexity index is 763. The molecule has 0 radical (unpaired) electrons. The van der Waals surface area contributed by atoms with E-state index < -0.39 is 5.37 Å². The summed E-state index contributed by atoms with van der Waals surface area (Å²) in [5.74, 6) is 0.0608. The minimum absolute atomic E-state index is 0.255. The van der Waals surface area contributed by atoms with Crippen LogP contribution in [0.25, 0.3) is 0 Å². The number of nitrogens with zero attached hydrogens (tertiary/aromatic N) is 1. The molecule has 1 fully saturated rings. The summed E-state index contributed by atoms with van der Waals surface area (Å²) in [4.78, 5) is 24.2. The Labute approximate surface area is 143 Å². The SMILES string of the molecule is O=C(Cl)N1C(=O)CCC1c1ccc(OCc2cccc(F)c2)cc1. The first-order valence-corrected chi connectivity index (χ1v) is 7.91. The van der Waals surface area contributed by atoms with E-state index in [0.717, 1.165) is 16.0 Å². The Morgan fingerprint density at radius 1 is 1.25 bits per heavy atom. The molecule has 0 saturated carbocycles. The third-order valence-electron chi connectivity index (χ3n) is 3.96. The van der Waals surface area contributed by atoms with Crippen LogP contribution < -0.4 is 4.74 Å². The fourth-order valence-electron chi connectivity index (χ4n) is 2.80. The van der Waals surface area contributed by atoms with Crippen molar-refractivity contribution in [1.29, 1.82) is 0 Å². The maximum absolute atomic E-state index is 13.1. The summed E-state index contributed by atoms with van der Waals surface area (Å²) in [5, 5.41) is -0.756. The second-order valence-electron chi connectivity index (χ2n) is 5.56. The molecule has 1 heterocycles. The summed E-state index contributed by atoms with van der Waals surface area (Å²) in [7, 11) is 0. The van der Waals surface area contributed by atoms with Crippen LogP contribution in [0.2, 0.25) is 0 Å². The largest absolute Gasteiger partial charge is 0.489 e. The lowest BCUT2D eigenvalue weighted by molar-refractivity contribution is -0.125. The molecule has 0 spiro atoms. The van der Waals surface area contributed by atoms with E-state index >= 15 is 0 Å². The standard InChI is InChI=1S/C18H15ClFNO3/c19-18(23)21-16(8-9-17(21)22)13-4-6-15(7-5-13)24-11-12-2-1-3-14(20)10-12/h1-7,10,16H,8-9,11H2. The van der Waals surface area contributed by atoms with Crippen molar-refractivity contribution in [2.24, 2.45) is 0 Å². The predicted molar refractivity (Wildman–Crippen MR) is 87.2 cm³/mol. The van der Waals surface area contributed by atoms with Crippen LogP contribution in [-0.4, -0.2) is 16.2 Å². The number of carbonyl (C=O) groups is 2. The molecule has 0 N–H and O–H groups in total. The average Bonchev–Trinajstić information content (AvgIpc) is 2.95. The Morgan fingerprint density at radius 2 is 2.00 bits per heavy atom. The zero-order chi connectivity index (χ0) is 17.1. The number of benzene rings is 2. The number of carbonyl (C=O) groups excluding carboxylic acids is 2. The normalized spacial score (nSPS) is 17.2. The lowest BCUT2D eigenvalue weighted by Crippen LogP contribution is -2.29. The number of likely N-dealkylation sites (tertiary alicyclic amines) is 1. The Hall–Kier alpha value is -2.40. The van der Waals surface area contributed by atoms with Gasteiger partial charge in [-0.25, -0.2) is 4.39 Å². The van der Waals surface area contributed by atoms with Gasteiger partial charge in [-0.1, -0.05) is 24.3 Å². The van der Waals surface area contributed by atoms with Crippen molar-refractivity contribution in [3.05, 3.63) is 65.5 Å². The van der Waals surface area contributed by atoms with Gasteiger partial charge in [0.05, 0.1) is 6.04 Å². The van der Waals surface area contributed by atoms with Crippen molar-refractivity contribution in [3.63, 3.8) is 0 Å². The molecule has 1 unspecified atom stereocenters. The zero-order valence-corrected chi connectivity index (χ0v) is 13.5. The molecule has 1 aliphatic rings.